The van der Waals surface area contributed by atoms with Crippen molar-refractivity contribution in [2.75, 3.05) is 31.0 Å². The summed E-state index contributed by atoms with van der Waals surface area (Å²) in [5.74, 6) is -0.600. The first-order chi connectivity index (χ1) is 16.7. The van der Waals surface area contributed by atoms with Crippen LogP contribution in [-0.2, 0) is 11.3 Å². The first kappa shape index (κ1) is 26.5. The Bertz CT molecular complexity index is 1210. The van der Waals surface area contributed by atoms with Crippen molar-refractivity contribution >= 4 is 34.5 Å². The Hall–Kier alpha value is -3.15. The third-order valence-corrected chi connectivity index (χ3v) is 6.21. The Morgan fingerprint density at radius 1 is 1.11 bits per heavy atom. The van der Waals surface area contributed by atoms with E-state index >= 15 is 0 Å². The first-order valence-electron chi connectivity index (χ1n) is 10.5. The van der Waals surface area contributed by atoms with Gasteiger partial charge >= 0.3 is 5.97 Å². The number of phenolic OH excluding ortho intramolecular Hbond substituents is 1. The Morgan fingerprint density at radius 3 is 2.43 bits per heavy atom. The number of carboxylic acids is 1. The molecule has 0 aliphatic heterocycles. The second kappa shape index (κ2) is 12.0. The summed E-state index contributed by atoms with van der Waals surface area (Å²) < 4.78 is 27.1. The van der Waals surface area contributed by atoms with Crippen LogP contribution < -0.4 is 14.4 Å². The summed E-state index contributed by atoms with van der Waals surface area (Å²) in [6.07, 6.45) is -0.895. The van der Waals surface area contributed by atoms with Gasteiger partial charge in [-0.25, -0.2) is 9.00 Å². The van der Waals surface area contributed by atoms with E-state index in [0.29, 0.717) is 24.5 Å². The molecule has 0 aromatic heterocycles. The number of nitrogens with zero attached hydrogens (tertiary/aromatic N) is 1. The monoisotopic (exact) mass is 520 g/mol. The van der Waals surface area contributed by atoms with Crippen molar-refractivity contribution in [3.63, 3.8) is 0 Å². The Kier molecular flexibility index (Phi) is 9.07. The minimum atomic E-state index is -2.30. The number of hydrogen-bond donors (Lipinski definition) is 5. The number of benzene rings is 3. The summed E-state index contributed by atoms with van der Waals surface area (Å²) in [5.41, 5.74) is 2.31. The van der Waals surface area contributed by atoms with Crippen molar-refractivity contribution in [3.8, 4) is 22.6 Å². The topological polar surface area (TPSA) is 140 Å². The number of nitrogens with one attached hydrogen (secondary N) is 1. The molecule has 0 saturated heterocycles. The lowest BCUT2D eigenvalue weighted by atomic mass is 10.0. The second-order valence-electron chi connectivity index (χ2n) is 7.57. The molecule has 0 bridgehead atoms. The summed E-state index contributed by atoms with van der Waals surface area (Å²) >= 11 is 3.74. The molecule has 3 aromatic carbocycles. The van der Waals surface area contributed by atoms with Crippen LogP contribution in [0.2, 0.25) is 5.02 Å². The Labute approximate surface area is 210 Å². The lowest BCUT2D eigenvalue weighted by Crippen LogP contribution is -2.26. The normalized spacial score (nSPS) is 12.7. The minimum Gasteiger partial charge on any atom is -0.506 e. The molecule has 0 aliphatic carbocycles. The number of carboxylic acid groups (broad SMARTS) is 1. The summed E-state index contributed by atoms with van der Waals surface area (Å²) in [6.45, 7) is 1.01. The minimum absolute atomic E-state index is 0.0489. The highest BCUT2D eigenvalue weighted by Gasteiger charge is 2.15. The molecule has 186 valence electrons. The number of hydrogen-bond acceptors (Lipinski definition) is 6. The van der Waals surface area contributed by atoms with E-state index in [0.717, 1.165) is 15.4 Å². The van der Waals surface area contributed by atoms with Crippen molar-refractivity contribution < 1.29 is 33.6 Å². The number of carbonyl (C=O) groups is 1. The van der Waals surface area contributed by atoms with Crippen LogP contribution in [0.3, 0.4) is 0 Å². The van der Waals surface area contributed by atoms with E-state index in [1.54, 1.807) is 30.3 Å². The number of aliphatic hydroxyl groups excluding tert-OH is 1. The number of phenols is 1. The molecule has 2 unspecified atom stereocenters. The molecule has 0 radical (unpaired) electrons. The van der Waals surface area contributed by atoms with E-state index in [2.05, 4.69) is 5.32 Å². The molecular formula is C24H25ClN2O7S. The highest BCUT2D eigenvalue weighted by molar-refractivity contribution is 7.80. The van der Waals surface area contributed by atoms with E-state index in [9.17, 15) is 23.8 Å². The number of ether oxygens (including phenoxy) is 1. The van der Waals surface area contributed by atoms with Crippen LogP contribution in [0, 0.1) is 0 Å². The van der Waals surface area contributed by atoms with Gasteiger partial charge in [-0.3, -0.25) is 8.86 Å². The molecule has 35 heavy (non-hydrogen) atoms. The van der Waals surface area contributed by atoms with Crippen LogP contribution >= 0.6 is 11.6 Å². The summed E-state index contributed by atoms with van der Waals surface area (Å²) in [5, 5.41) is 32.6. The largest absolute Gasteiger partial charge is 0.506 e. The van der Waals surface area contributed by atoms with Crippen molar-refractivity contribution in [1.29, 1.82) is 0 Å². The lowest BCUT2D eigenvalue weighted by Gasteiger charge is -2.18. The van der Waals surface area contributed by atoms with Crippen molar-refractivity contribution in [2.24, 2.45) is 0 Å². The summed E-state index contributed by atoms with van der Waals surface area (Å²) in [4.78, 5) is 11.1. The molecule has 0 saturated carbocycles. The van der Waals surface area contributed by atoms with Crippen molar-refractivity contribution in [2.45, 2.75) is 6.10 Å². The Balaban J connectivity index is 1.48. The number of halogens is 1. The van der Waals surface area contributed by atoms with Gasteiger partial charge in [-0.1, -0.05) is 35.9 Å². The number of anilines is 1. The van der Waals surface area contributed by atoms with Gasteiger partial charge in [0.05, 0.1) is 22.4 Å². The van der Waals surface area contributed by atoms with Crippen molar-refractivity contribution in [3.05, 3.63) is 76.8 Å². The SMILES string of the molecule is CN(c1cc(C(O)CNCCOc2ccc(-c3ccc(C(=O)O)c(Cl)c3)cc2)ccc1O)S(=O)O. The molecule has 5 N–H and O–H groups in total. The molecule has 9 nitrogen and oxygen atoms in total. The van der Waals surface area contributed by atoms with Crippen LogP contribution in [0.1, 0.15) is 22.0 Å². The number of aromatic hydroxyl groups is 1. The lowest BCUT2D eigenvalue weighted by molar-refractivity contribution is 0.0697. The van der Waals surface area contributed by atoms with Crippen LogP contribution in [-0.4, -0.2) is 56.8 Å². The zero-order valence-corrected chi connectivity index (χ0v) is 20.3. The van der Waals surface area contributed by atoms with Crippen LogP contribution in [0.15, 0.2) is 60.7 Å². The number of rotatable bonds is 11. The van der Waals surface area contributed by atoms with Crippen LogP contribution in [0.4, 0.5) is 5.69 Å². The fourth-order valence-electron chi connectivity index (χ4n) is 3.29. The van der Waals surface area contributed by atoms with Gasteiger partial charge in [-0.15, -0.1) is 0 Å². The maximum Gasteiger partial charge on any atom is 0.337 e. The molecule has 11 heteroatoms. The zero-order valence-electron chi connectivity index (χ0n) is 18.7. The first-order valence-corrected chi connectivity index (χ1v) is 11.9. The highest BCUT2D eigenvalue weighted by atomic mass is 35.5. The quantitative estimate of drug-likeness (QED) is 0.190. The van der Waals surface area contributed by atoms with Gasteiger partial charge in [-0.2, -0.15) is 0 Å². The third-order valence-electron chi connectivity index (χ3n) is 5.23. The zero-order chi connectivity index (χ0) is 25.5. The number of aliphatic hydroxyl groups is 1. The van der Waals surface area contributed by atoms with Gasteiger partial charge in [0.25, 0.3) is 11.3 Å². The molecule has 3 rings (SSSR count). The van der Waals surface area contributed by atoms with Gasteiger partial charge in [0, 0.05) is 20.1 Å². The van der Waals surface area contributed by atoms with Gasteiger partial charge in [0.2, 0.25) is 0 Å². The van der Waals surface area contributed by atoms with E-state index in [-0.39, 0.29) is 28.6 Å². The fraction of sp³-hybridized carbons (Fsp3) is 0.208. The molecule has 0 fully saturated rings. The predicted octanol–water partition coefficient (Wildman–Crippen LogP) is 3.69. The van der Waals surface area contributed by atoms with Gasteiger partial charge in [0.1, 0.15) is 18.1 Å². The highest BCUT2D eigenvalue weighted by Crippen LogP contribution is 2.30. The average molecular weight is 521 g/mol. The fourth-order valence-corrected chi connectivity index (χ4v) is 3.87. The predicted molar refractivity (Wildman–Crippen MR) is 134 cm³/mol. The Morgan fingerprint density at radius 2 is 1.80 bits per heavy atom. The molecule has 0 spiro atoms. The summed E-state index contributed by atoms with van der Waals surface area (Å²) in [7, 11) is 1.35. The third kappa shape index (κ3) is 6.93. The van der Waals surface area contributed by atoms with E-state index in [1.807, 2.05) is 12.1 Å². The van der Waals surface area contributed by atoms with Crippen LogP contribution in [0.25, 0.3) is 11.1 Å². The molecule has 2 atom stereocenters. The second-order valence-corrected chi connectivity index (χ2v) is 8.99. The average Bonchev–Trinajstić information content (AvgIpc) is 2.83. The van der Waals surface area contributed by atoms with E-state index in [1.165, 1.54) is 25.2 Å². The molecule has 0 aliphatic rings. The van der Waals surface area contributed by atoms with Crippen molar-refractivity contribution in [1.82, 2.24) is 5.32 Å². The summed E-state index contributed by atoms with van der Waals surface area (Å²) in [6, 6.07) is 16.4. The maximum atomic E-state index is 11.2. The van der Waals surface area contributed by atoms with E-state index < -0.39 is 23.3 Å². The molecule has 0 amide bonds. The van der Waals surface area contributed by atoms with Gasteiger partial charge in [-0.05, 0) is 53.1 Å². The van der Waals surface area contributed by atoms with Gasteiger partial charge < -0.3 is 25.4 Å². The smallest absolute Gasteiger partial charge is 0.337 e. The standard InChI is InChI=1S/C24H25ClN2O7S/c1-27(35(32)33)21-13-17(5-9-22(21)28)23(29)14-26-10-11-34-18-6-2-15(3-7-18)16-4-8-19(24(30)31)20(25)12-16/h2-9,12-13,23,26,28-29H,10-11,14H2,1H3,(H,30,31)(H,32,33). The number of aromatic carboxylic acids is 1. The van der Waals surface area contributed by atoms with Gasteiger partial charge in [0.15, 0.2) is 0 Å². The molecular weight excluding hydrogens is 496 g/mol. The van der Waals surface area contributed by atoms with E-state index in [4.69, 9.17) is 21.4 Å². The molecule has 0 heterocycles. The maximum absolute atomic E-state index is 11.2. The van der Waals surface area contributed by atoms with Crippen LogP contribution in [0.5, 0.6) is 11.5 Å². The molecule has 3 aromatic rings.